The first-order valence-electron chi connectivity index (χ1n) is 4.88. The van der Waals surface area contributed by atoms with Crippen molar-refractivity contribution in [2.75, 3.05) is 0 Å². The molecule has 0 unspecified atom stereocenters. The van der Waals surface area contributed by atoms with E-state index in [0.717, 1.165) is 6.42 Å². The van der Waals surface area contributed by atoms with Crippen LogP contribution in [0.3, 0.4) is 0 Å². The van der Waals surface area contributed by atoms with Crippen molar-refractivity contribution in [3.8, 4) is 0 Å². The van der Waals surface area contributed by atoms with Gasteiger partial charge in [0, 0.05) is 0 Å². The molecular formula is C11H16OSi. The summed E-state index contributed by atoms with van der Waals surface area (Å²) in [5, 5.41) is 1.44. The highest BCUT2D eigenvalue weighted by atomic mass is 28.2. The van der Waals surface area contributed by atoms with Crippen molar-refractivity contribution in [3.05, 3.63) is 35.6 Å². The van der Waals surface area contributed by atoms with Crippen molar-refractivity contribution >= 4 is 9.76 Å². The number of fused-ring (bicyclic) bond motifs is 2. The lowest BCUT2D eigenvalue weighted by molar-refractivity contribution is 0.185. The van der Waals surface area contributed by atoms with Crippen molar-refractivity contribution in [1.29, 1.82) is 0 Å². The molecule has 0 aromatic rings. The molecule has 0 radical (unpaired) electrons. The van der Waals surface area contributed by atoms with E-state index in [1.807, 2.05) is 0 Å². The Hall–Kier alpha value is -0.603. The Bertz CT molecular complexity index is 274. The van der Waals surface area contributed by atoms with Gasteiger partial charge in [-0.3, -0.25) is 0 Å². The van der Waals surface area contributed by atoms with Crippen LogP contribution in [-0.4, -0.2) is 15.4 Å². The first-order chi connectivity index (χ1) is 6.24. The molecular weight excluding hydrogens is 176 g/mol. The molecule has 0 spiro atoms. The zero-order valence-electron chi connectivity index (χ0n) is 8.29. The summed E-state index contributed by atoms with van der Waals surface area (Å²) in [5.41, 5.74) is 0.00115. The average molecular weight is 192 g/mol. The average Bonchev–Trinajstić information content (AvgIpc) is 2.74. The number of allylic oxidation sites excluding steroid dienone is 4. The molecule has 0 aliphatic heterocycles. The zero-order valence-corrected chi connectivity index (χ0v) is 9.70. The minimum absolute atomic E-state index is 0.00115. The Morgan fingerprint density at radius 3 is 2.69 bits per heavy atom. The SMILES string of the molecule is CC=C(C)[SiH2]OC12C=CC(C=C1)C2. The van der Waals surface area contributed by atoms with Crippen LogP contribution in [0.5, 0.6) is 0 Å². The van der Waals surface area contributed by atoms with Crippen LogP contribution in [-0.2, 0) is 4.43 Å². The van der Waals surface area contributed by atoms with Crippen LogP contribution in [0.4, 0.5) is 0 Å². The monoisotopic (exact) mass is 192 g/mol. The van der Waals surface area contributed by atoms with Crippen molar-refractivity contribution in [2.45, 2.75) is 25.9 Å². The lowest BCUT2D eigenvalue weighted by Gasteiger charge is -2.22. The largest absolute Gasteiger partial charge is 0.407 e. The van der Waals surface area contributed by atoms with Gasteiger partial charge in [0.05, 0.1) is 5.60 Å². The van der Waals surface area contributed by atoms with Gasteiger partial charge in [0.15, 0.2) is 9.76 Å². The molecule has 0 saturated carbocycles. The fourth-order valence-electron chi connectivity index (χ4n) is 1.82. The van der Waals surface area contributed by atoms with E-state index in [9.17, 15) is 0 Å². The van der Waals surface area contributed by atoms with Gasteiger partial charge in [-0.2, -0.15) is 0 Å². The molecule has 2 rings (SSSR count). The van der Waals surface area contributed by atoms with Gasteiger partial charge in [-0.15, -0.1) is 0 Å². The van der Waals surface area contributed by atoms with Crippen molar-refractivity contribution < 1.29 is 4.43 Å². The van der Waals surface area contributed by atoms with E-state index in [0.29, 0.717) is 5.92 Å². The minimum atomic E-state index is -0.476. The number of hydrogen-bond donors (Lipinski definition) is 0. The second kappa shape index (κ2) is 3.27. The highest BCUT2D eigenvalue weighted by Gasteiger charge is 2.36. The summed E-state index contributed by atoms with van der Waals surface area (Å²) in [4.78, 5) is 0. The minimum Gasteiger partial charge on any atom is -0.407 e. The van der Waals surface area contributed by atoms with E-state index >= 15 is 0 Å². The molecule has 0 amide bonds. The fraction of sp³-hybridized carbons (Fsp3) is 0.455. The maximum atomic E-state index is 6.03. The molecule has 0 atom stereocenters. The van der Waals surface area contributed by atoms with Crippen LogP contribution in [0.1, 0.15) is 20.3 Å². The third-order valence-electron chi connectivity index (χ3n) is 2.87. The van der Waals surface area contributed by atoms with E-state index in [4.69, 9.17) is 4.43 Å². The van der Waals surface area contributed by atoms with Gasteiger partial charge < -0.3 is 4.43 Å². The molecule has 13 heavy (non-hydrogen) atoms. The van der Waals surface area contributed by atoms with Gasteiger partial charge in [0.1, 0.15) is 0 Å². The van der Waals surface area contributed by atoms with Gasteiger partial charge in [-0.25, -0.2) is 0 Å². The first-order valence-corrected chi connectivity index (χ1v) is 6.17. The van der Waals surface area contributed by atoms with Crippen LogP contribution in [0, 0.1) is 5.92 Å². The standard InChI is InChI=1S/C11H16OSi/c1-3-9(2)13-12-11-6-4-10(8-11)5-7-11/h3-7,10H,8,13H2,1-2H3. The molecule has 2 aliphatic carbocycles. The summed E-state index contributed by atoms with van der Waals surface area (Å²) in [6, 6.07) is 0. The Morgan fingerprint density at radius 2 is 2.23 bits per heavy atom. The Kier molecular flexibility index (Phi) is 2.26. The first kappa shape index (κ1) is 8.97. The lowest BCUT2D eigenvalue weighted by atomic mass is 10.1. The van der Waals surface area contributed by atoms with E-state index in [-0.39, 0.29) is 5.60 Å². The van der Waals surface area contributed by atoms with Gasteiger partial charge in [0.2, 0.25) is 0 Å². The van der Waals surface area contributed by atoms with Crippen LogP contribution >= 0.6 is 0 Å². The third kappa shape index (κ3) is 1.69. The topological polar surface area (TPSA) is 9.23 Å². The van der Waals surface area contributed by atoms with Crippen LogP contribution in [0.15, 0.2) is 35.6 Å². The molecule has 70 valence electrons. The summed E-state index contributed by atoms with van der Waals surface area (Å²) in [6.45, 7) is 4.25. The van der Waals surface area contributed by atoms with Gasteiger partial charge in [0.25, 0.3) is 0 Å². The van der Waals surface area contributed by atoms with Crippen molar-refractivity contribution in [1.82, 2.24) is 0 Å². The fourth-order valence-corrected chi connectivity index (χ4v) is 2.79. The van der Waals surface area contributed by atoms with Gasteiger partial charge in [-0.1, -0.05) is 35.6 Å². The molecule has 0 aromatic carbocycles. The number of hydrogen-bond acceptors (Lipinski definition) is 1. The summed E-state index contributed by atoms with van der Waals surface area (Å²) in [7, 11) is -0.476. The Balaban J connectivity index is 1.95. The van der Waals surface area contributed by atoms with Gasteiger partial charge >= 0.3 is 0 Å². The predicted molar refractivity (Wildman–Crippen MR) is 58.2 cm³/mol. The normalized spacial score (nSPS) is 37.1. The van der Waals surface area contributed by atoms with Crippen molar-refractivity contribution in [2.24, 2.45) is 5.92 Å². The molecule has 0 N–H and O–H groups in total. The highest BCUT2D eigenvalue weighted by molar-refractivity contribution is 6.37. The molecule has 2 aliphatic rings. The third-order valence-corrected chi connectivity index (χ3v) is 4.41. The maximum absolute atomic E-state index is 6.03. The highest BCUT2D eigenvalue weighted by Crippen LogP contribution is 2.38. The van der Waals surface area contributed by atoms with Crippen LogP contribution in [0.25, 0.3) is 0 Å². The smallest absolute Gasteiger partial charge is 0.189 e. The molecule has 2 heteroatoms. The van der Waals surface area contributed by atoms with Crippen LogP contribution < -0.4 is 0 Å². The second-order valence-electron chi connectivity index (χ2n) is 3.96. The molecule has 0 aromatic heterocycles. The molecule has 2 bridgehead atoms. The molecule has 0 heterocycles. The van der Waals surface area contributed by atoms with Gasteiger partial charge in [-0.05, 0) is 26.2 Å². The maximum Gasteiger partial charge on any atom is 0.189 e. The molecule has 1 nitrogen and oxygen atoms in total. The summed E-state index contributed by atoms with van der Waals surface area (Å²) < 4.78 is 6.03. The Labute approximate surface area is 82.1 Å². The molecule has 0 fully saturated rings. The van der Waals surface area contributed by atoms with E-state index in [1.54, 1.807) is 0 Å². The summed E-state index contributed by atoms with van der Waals surface area (Å²) >= 11 is 0. The van der Waals surface area contributed by atoms with E-state index < -0.39 is 9.76 Å². The lowest BCUT2D eigenvalue weighted by Crippen LogP contribution is -2.26. The zero-order chi connectivity index (χ0) is 9.31. The number of rotatable bonds is 3. The quantitative estimate of drug-likeness (QED) is 0.490. The molecule has 0 saturated heterocycles. The van der Waals surface area contributed by atoms with Crippen LogP contribution in [0.2, 0.25) is 0 Å². The van der Waals surface area contributed by atoms with E-state index in [2.05, 4.69) is 44.2 Å². The summed E-state index contributed by atoms with van der Waals surface area (Å²) in [5.74, 6) is 0.653. The summed E-state index contributed by atoms with van der Waals surface area (Å²) in [6.07, 6.45) is 12.3. The van der Waals surface area contributed by atoms with E-state index in [1.165, 1.54) is 5.20 Å². The second-order valence-corrected chi connectivity index (χ2v) is 5.66. The Morgan fingerprint density at radius 1 is 1.54 bits per heavy atom. The van der Waals surface area contributed by atoms with Crippen molar-refractivity contribution in [3.63, 3.8) is 0 Å². The predicted octanol–water partition coefficient (Wildman–Crippen LogP) is 1.90.